The Morgan fingerprint density at radius 3 is 1.03 bits per heavy atom. The third-order valence-electron chi connectivity index (χ3n) is 4.28. The lowest BCUT2D eigenvalue weighted by molar-refractivity contribution is -0.323. The molecule has 0 atom stereocenters. The van der Waals surface area contributed by atoms with E-state index in [4.69, 9.17) is 0 Å². The molecular weight excluding hydrogens is 530 g/mol. The summed E-state index contributed by atoms with van der Waals surface area (Å²) >= 11 is 0. The van der Waals surface area contributed by atoms with E-state index >= 15 is 4.39 Å². The molecule has 0 bridgehead atoms. The highest BCUT2D eigenvalue weighted by molar-refractivity contribution is 5.66. The standard InChI is InChI=1S/C17F14N2O2/c18-5-3(13(32-1-34)11(24)9(22)7(5)20)15(26,16(27,28)17(29,30)31)4-6(19)8(21)10(23)12(25)14(4)33-2-35. The highest BCUT2D eigenvalue weighted by atomic mass is 19.4. The van der Waals surface area contributed by atoms with Gasteiger partial charge >= 0.3 is 12.1 Å². The Bertz CT molecular complexity index is 1240. The van der Waals surface area contributed by atoms with Crippen molar-refractivity contribution in [2.24, 2.45) is 9.98 Å². The van der Waals surface area contributed by atoms with Crippen molar-refractivity contribution in [3.05, 3.63) is 57.7 Å². The summed E-state index contributed by atoms with van der Waals surface area (Å²) in [6.07, 6.45) is -7.11. The van der Waals surface area contributed by atoms with Crippen LogP contribution in [0.5, 0.6) is 0 Å². The molecule has 18 heteroatoms. The van der Waals surface area contributed by atoms with Gasteiger partial charge in [-0.3, -0.25) is 0 Å². The van der Waals surface area contributed by atoms with Gasteiger partial charge in [-0.15, -0.1) is 0 Å². The minimum absolute atomic E-state index is 0.138. The van der Waals surface area contributed by atoms with Gasteiger partial charge in [0, 0.05) is 0 Å². The molecule has 2 aromatic carbocycles. The van der Waals surface area contributed by atoms with Crippen LogP contribution in [0.15, 0.2) is 9.98 Å². The quantitative estimate of drug-likeness (QED) is 0.153. The molecule has 0 spiro atoms. The fourth-order valence-electron chi connectivity index (χ4n) is 2.80. The minimum Gasteiger partial charge on any atom is -0.226 e. The monoisotopic (exact) mass is 530 g/mol. The first-order valence-corrected chi connectivity index (χ1v) is 7.95. The number of hydrogen-bond donors (Lipinski definition) is 0. The van der Waals surface area contributed by atoms with Gasteiger partial charge in [0.2, 0.25) is 17.8 Å². The van der Waals surface area contributed by atoms with E-state index in [2.05, 4.69) is 0 Å². The van der Waals surface area contributed by atoms with E-state index in [1.807, 2.05) is 9.98 Å². The molecule has 0 unspecified atom stereocenters. The maximum atomic E-state index is 16.0. The molecular formula is C17F14N2O2. The Balaban J connectivity index is 3.48. The summed E-state index contributed by atoms with van der Waals surface area (Å²) in [5.74, 6) is -33.7. The number of carbonyl (C=O) groups excluding carboxylic acids is 2. The third-order valence-corrected chi connectivity index (χ3v) is 4.28. The average Bonchev–Trinajstić information content (AvgIpc) is 2.77. The molecule has 2 aromatic rings. The number of halogens is 14. The number of alkyl halides is 6. The van der Waals surface area contributed by atoms with Crippen LogP contribution in [0.3, 0.4) is 0 Å². The van der Waals surface area contributed by atoms with Crippen molar-refractivity contribution in [1.82, 2.24) is 0 Å². The van der Waals surface area contributed by atoms with Crippen LogP contribution in [0.4, 0.5) is 72.8 Å². The van der Waals surface area contributed by atoms with Crippen LogP contribution in [0.1, 0.15) is 11.1 Å². The predicted molar refractivity (Wildman–Crippen MR) is 81.0 cm³/mol. The molecule has 0 aliphatic rings. The minimum atomic E-state index is -7.42. The number of hydrogen-bond acceptors (Lipinski definition) is 4. The van der Waals surface area contributed by atoms with Gasteiger partial charge in [0.15, 0.2) is 46.5 Å². The number of aliphatic imine (C=N–C) groups is 2. The van der Waals surface area contributed by atoms with E-state index in [-0.39, 0.29) is 12.2 Å². The van der Waals surface area contributed by atoms with Gasteiger partial charge in [0.05, 0.1) is 11.1 Å². The van der Waals surface area contributed by atoms with Gasteiger partial charge in [-0.1, -0.05) is 0 Å². The maximum Gasteiger partial charge on any atom is 0.457 e. The fourth-order valence-corrected chi connectivity index (χ4v) is 2.80. The second-order valence-electron chi connectivity index (χ2n) is 6.10. The van der Waals surface area contributed by atoms with E-state index in [9.17, 15) is 66.7 Å². The lowest BCUT2D eigenvalue weighted by Crippen LogP contribution is -2.54. The van der Waals surface area contributed by atoms with E-state index in [1.165, 1.54) is 0 Å². The highest BCUT2D eigenvalue weighted by Crippen LogP contribution is 2.60. The number of isocyanates is 2. The molecule has 4 nitrogen and oxygen atoms in total. The molecule has 188 valence electrons. The van der Waals surface area contributed by atoms with Crippen molar-refractivity contribution in [2.45, 2.75) is 17.8 Å². The third kappa shape index (κ3) is 3.74. The van der Waals surface area contributed by atoms with Crippen molar-refractivity contribution in [1.29, 1.82) is 0 Å². The van der Waals surface area contributed by atoms with Crippen molar-refractivity contribution < 1.29 is 71.1 Å². The average molecular weight is 530 g/mol. The summed E-state index contributed by atoms with van der Waals surface area (Å²) in [4.78, 5) is 24.8. The zero-order valence-corrected chi connectivity index (χ0v) is 15.5. The van der Waals surface area contributed by atoms with Crippen LogP contribution in [0.25, 0.3) is 0 Å². The Morgan fingerprint density at radius 1 is 0.486 bits per heavy atom. The molecule has 35 heavy (non-hydrogen) atoms. The van der Waals surface area contributed by atoms with Crippen molar-refractivity contribution >= 4 is 23.5 Å². The van der Waals surface area contributed by atoms with Gasteiger partial charge in [-0.2, -0.15) is 31.9 Å². The second-order valence-corrected chi connectivity index (χ2v) is 6.10. The first kappa shape index (κ1) is 27.5. The fraction of sp³-hybridized carbons (Fsp3) is 0.176. The molecule has 0 fully saturated rings. The van der Waals surface area contributed by atoms with Gasteiger partial charge in [0.25, 0.3) is 0 Å². The van der Waals surface area contributed by atoms with Crippen molar-refractivity contribution in [3.8, 4) is 0 Å². The topological polar surface area (TPSA) is 58.9 Å². The molecule has 0 radical (unpaired) electrons. The van der Waals surface area contributed by atoms with Crippen LogP contribution in [0, 0.1) is 46.5 Å². The van der Waals surface area contributed by atoms with Gasteiger partial charge in [-0.05, 0) is 0 Å². The first-order chi connectivity index (χ1) is 15.9. The van der Waals surface area contributed by atoms with Crippen LogP contribution >= 0.6 is 0 Å². The molecule has 0 saturated heterocycles. The van der Waals surface area contributed by atoms with Crippen LogP contribution in [-0.4, -0.2) is 24.3 Å². The summed E-state index contributed by atoms with van der Waals surface area (Å²) in [6, 6.07) is 0. The second kappa shape index (κ2) is 8.78. The van der Waals surface area contributed by atoms with E-state index < -0.39 is 86.8 Å². The summed E-state index contributed by atoms with van der Waals surface area (Å²) in [5.41, 5.74) is -19.4. The Labute approximate surface area is 181 Å². The molecule has 0 N–H and O–H groups in total. The summed E-state index contributed by atoms with van der Waals surface area (Å²) in [6.45, 7) is 0. The largest absolute Gasteiger partial charge is 0.457 e. The Morgan fingerprint density at radius 2 is 0.771 bits per heavy atom. The first-order valence-electron chi connectivity index (χ1n) is 7.95. The SMILES string of the molecule is O=C=Nc1c(F)c(F)c(F)c(F)c1C(F)(c1c(F)c(F)c(F)c(F)c1N=C=O)C(F)(F)C(F)(F)F. The molecule has 0 aromatic heterocycles. The zero-order valence-electron chi connectivity index (χ0n) is 15.5. The van der Waals surface area contributed by atoms with Gasteiger partial charge in [-0.25, -0.2) is 49.1 Å². The van der Waals surface area contributed by atoms with Crippen molar-refractivity contribution in [3.63, 3.8) is 0 Å². The summed E-state index contributed by atoms with van der Waals surface area (Å²) in [5, 5.41) is 0. The smallest absolute Gasteiger partial charge is 0.226 e. The van der Waals surface area contributed by atoms with E-state index in [0.717, 1.165) is 0 Å². The highest BCUT2D eigenvalue weighted by Gasteiger charge is 2.75. The summed E-state index contributed by atoms with van der Waals surface area (Å²) < 4.78 is 196. The predicted octanol–water partition coefficient (Wildman–Crippen LogP) is 6.14. The van der Waals surface area contributed by atoms with Crippen LogP contribution in [-0.2, 0) is 15.3 Å². The van der Waals surface area contributed by atoms with Gasteiger partial charge < -0.3 is 0 Å². The molecule has 0 saturated carbocycles. The zero-order chi connectivity index (χ0) is 27.3. The lowest BCUT2D eigenvalue weighted by Gasteiger charge is -2.36. The lowest BCUT2D eigenvalue weighted by atomic mass is 9.79. The molecule has 0 aliphatic carbocycles. The van der Waals surface area contributed by atoms with E-state index in [1.54, 1.807) is 0 Å². The molecule has 0 amide bonds. The normalized spacial score (nSPS) is 13.7. The number of benzene rings is 2. The molecule has 0 aliphatic heterocycles. The Hall–Kier alpha value is -3.78. The number of nitrogens with zero attached hydrogens (tertiary/aromatic N) is 2. The van der Waals surface area contributed by atoms with Crippen LogP contribution in [0.2, 0.25) is 0 Å². The molecule has 0 heterocycles. The van der Waals surface area contributed by atoms with E-state index in [0.29, 0.717) is 0 Å². The van der Waals surface area contributed by atoms with Crippen LogP contribution < -0.4 is 0 Å². The summed E-state index contributed by atoms with van der Waals surface area (Å²) in [7, 11) is 0. The molecule has 2 rings (SSSR count). The van der Waals surface area contributed by atoms with Crippen molar-refractivity contribution in [2.75, 3.05) is 0 Å². The Kier molecular flexibility index (Phi) is 6.89. The maximum absolute atomic E-state index is 16.0. The number of rotatable bonds is 5. The van der Waals surface area contributed by atoms with Gasteiger partial charge in [0.1, 0.15) is 11.4 Å².